The summed E-state index contributed by atoms with van der Waals surface area (Å²) in [5.41, 5.74) is 1.37. The van der Waals surface area contributed by atoms with E-state index in [0.29, 0.717) is 11.3 Å². The van der Waals surface area contributed by atoms with Gasteiger partial charge < -0.3 is 29.9 Å². The van der Waals surface area contributed by atoms with Gasteiger partial charge in [-0.1, -0.05) is 48.5 Å². The Morgan fingerprint density at radius 1 is 0.964 bits per heavy atom. The summed E-state index contributed by atoms with van der Waals surface area (Å²) in [6.07, 6.45) is -3.53. The molecule has 1 aliphatic rings. The number of carbonyl (C=O) groups excluding carboxylic acids is 1. The van der Waals surface area contributed by atoms with Gasteiger partial charge in [-0.2, -0.15) is 0 Å². The number of aliphatic hydroxyl groups excluding tert-OH is 4. The van der Waals surface area contributed by atoms with Crippen LogP contribution < -0.4 is 4.74 Å². The van der Waals surface area contributed by atoms with Gasteiger partial charge in [0.1, 0.15) is 30.2 Å². The van der Waals surface area contributed by atoms with E-state index in [0.717, 1.165) is 5.56 Å². The Kier molecular flexibility index (Phi) is 6.56. The number of allylic oxidation sites excluding steroid dienone is 1. The number of rotatable bonds is 6. The molecule has 1 fully saturated rings. The van der Waals surface area contributed by atoms with Gasteiger partial charge in [0.15, 0.2) is 5.78 Å². The first-order chi connectivity index (χ1) is 13.5. The van der Waals surface area contributed by atoms with Crippen LogP contribution in [0, 0.1) is 0 Å². The van der Waals surface area contributed by atoms with E-state index in [9.17, 15) is 25.2 Å². The molecule has 0 bridgehead atoms. The molecule has 3 rings (SSSR count). The Labute approximate surface area is 162 Å². The van der Waals surface area contributed by atoms with E-state index in [4.69, 9.17) is 9.47 Å². The highest BCUT2D eigenvalue weighted by atomic mass is 16.7. The van der Waals surface area contributed by atoms with Crippen LogP contribution >= 0.6 is 0 Å². The lowest BCUT2D eigenvalue weighted by atomic mass is 9.99. The van der Waals surface area contributed by atoms with Crippen LogP contribution in [-0.4, -0.2) is 63.5 Å². The van der Waals surface area contributed by atoms with Gasteiger partial charge >= 0.3 is 0 Å². The zero-order valence-corrected chi connectivity index (χ0v) is 15.0. The number of benzene rings is 2. The van der Waals surface area contributed by atoms with Crippen LogP contribution in [0.1, 0.15) is 15.9 Å². The average molecular weight is 386 g/mol. The molecular weight excluding hydrogens is 364 g/mol. The smallest absolute Gasteiger partial charge is 0.229 e. The topological polar surface area (TPSA) is 116 Å². The average Bonchev–Trinajstić information content (AvgIpc) is 2.74. The van der Waals surface area contributed by atoms with Crippen LogP contribution in [0.5, 0.6) is 5.75 Å². The maximum absolute atomic E-state index is 12.1. The molecule has 4 N–H and O–H groups in total. The highest BCUT2D eigenvalue weighted by Crippen LogP contribution is 2.24. The maximum Gasteiger partial charge on any atom is 0.229 e. The van der Waals surface area contributed by atoms with E-state index in [-0.39, 0.29) is 5.78 Å². The van der Waals surface area contributed by atoms with Crippen molar-refractivity contribution < 1.29 is 34.7 Å². The zero-order valence-electron chi connectivity index (χ0n) is 15.0. The van der Waals surface area contributed by atoms with Crippen molar-refractivity contribution in [3.63, 3.8) is 0 Å². The van der Waals surface area contributed by atoms with Crippen molar-refractivity contribution in [3.05, 3.63) is 71.8 Å². The van der Waals surface area contributed by atoms with Crippen molar-refractivity contribution >= 4 is 11.9 Å². The summed E-state index contributed by atoms with van der Waals surface area (Å²) in [4.78, 5) is 12.1. The van der Waals surface area contributed by atoms with Gasteiger partial charge in [-0.05, 0) is 23.8 Å². The largest absolute Gasteiger partial charge is 0.462 e. The molecule has 0 saturated carbocycles. The van der Waals surface area contributed by atoms with Gasteiger partial charge in [0.05, 0.1) is 6.61 Å². The summed E-state index contributed by atoms with van der Waals surface area (Å²) in [7, 11) is 0. The predicted molar refractivity (Wildman–Crippen MR) is 101 cm³/mol. The summed E-state index contributed by atoms with van der Waals surface area (Å²) < 4.78 is 10.8. The summed E-state index contributed by atoms with van der Waals surface area (Å²) in [5, 5.41) is 38.8. The molecule has 2 aromatic rings. The molecular formula is C21H22O7. The van der Waals surface area contributed by atoms with E-state index >= 15 is 0 Å². The minimum Gasteiger partial charge on any atom is -0.462 e. The lowest BCUT2D eigenvalue weighted by Crippen LogP contribution is -2.60. The highest BCUT2D eigenvalue weighted by Gasteiger charge is 2.44. The van der Waals surface area contributed by atoms with Gasteiger partial charge in [-0.15, -0.1) is 0 Å². The summed E-state index contributed by atoms with van der Waals surface area (Å²) in [6, 6.07) is 15.6. The molecule has 1 aliphatic heterocycles. The third kappa shape index (κ3) is 4.64. The van der Waals surface area contributed by atoms with Crippen LogP contribution in [0.2, 0.25) is 0 Å². The number of hydrogen-bond acceptors (Lipinski definition) is 7. The molecule has 0 radical (unpaired) electrons. The van der Waals surface area contributed by atoms with Gasteiger partial charge in [0.25, 0.3) is 0 Å². The first kappa shape index (κ1) is 20.2. The summed E-state index contributed by atoms with van der Waals surface area (Å²) in [6.45, 7) is -0.524. The molecule has 0 spiro atoms. The number of hydrogen-bond donors (Lipinski definition) is 4. The van der Waals surface area contributed by atoms with Crippen LogP contribution in [0.3, 0.4) is 0 Å². The monoisotopic (exact) mass is 386 g/mol. The molecule has 0 aliphatic carbocycles. The second-order valence-electron chi connectivity index (χ2n) is 6.45. The summed E-state index contributed by atoms with van der Waals surface area (Å²) >= 11 is 0. The molecule has 7 heteroatoms. The molecule has 0 amide bonds. The predicted octanol–water partition coefficient (Wildman–Crippen LogP) is 0.761. The van der Waals surface area contributed by atoms with Crippen molar-refractivity contribution in [2.75, 3.05) is 6.61 Å². The molecule has 1 saturated heterocycles. The molecule has 7 nitrogen and oxygen atoms in total. The maximum atomic E-state index is 12.1. The van der Waals surface area contributed by atoms with Crippen molar-refractivity contribution in [3.8, 4) is 5.75 Å². The SMILES string of the molecule is O=C(C=Cc1ccc(O[C@@H]2O[C@H](CO)[C@@H](O)[C@H](O)[C@H]2O)cc1)c1ccccc1. The lowest BCUT2D eigenvalue weighted by molar-refractivity contribution is -0.277. The van der Waals surface area contributed by atoms with E-state index in [2.05, 4.69) is 0 Å². The second kappa shape index (κ2) is 9.09. The van der Waals surface area contributed by atoms with Crippen molar-refractivity contribution in [2.24, 2.45) is 0 Å². The van der Waals surface area contributed by atoms with E-state index in [1.54, 1.807) is 54.6 Å². The zero-order chi connectivity index (χ0) is 20.1. The van der Waals surface area contributed by atoms with E-state index < -0.39 is 37.3 Å². The van der Waals surface area contributed by atoms with Gasteiger partial charge in [0, 0.05) is 5.56 Å². The minimum atomic E-state index is -1.50. The third-order valence-corrected chi connectivity index (χ3v) is 4.47. The van der Waals surface area contributed by atoms with Crippen LogP contribution in [-0.2, 0) is 4.74 Å². The molecule has 0 unspecified atom stereocenters. The number of carbonyl (C=O) groups is 1. The van der Waals surface area contributed by atoms with E-state index in [1.807, 2.05) is 6.07 Å². The van der Waals surface area contributed by atoms with Crippen molar-refractivity contribution in [1.82, 2.24) is 0 Å². The molecule has 148 valence electrons. The van der Waals surface area contributed by atoms with Crippen LogP contribution in [0.25, 0.3) is 6.08 Å². The van der Waals surface area contributed by atoms with E-state index in [1.165, 1.54) is 6.08 Å². The third-order valence-electron chi connectivity index (χ3n) is 4.47. The van der Waals surface area contributed by atoms with Crippen LogP contribution in [0.15, 0.2) is 60.7 Å². The van der Waals surface area contributed by atoms with Gasteiger partial charge in [-0.25, -0.2) is 0 Å². The Balaban J connectivity index is 1.63. The molecule has 0 aromatic heterocycles. The lowest BCUT2D eigenvalue weighted by Gasteiger charge is -2.39. The Morgan fingerprint density at radius 3 is 2.29 bits per heavy atom. The highest BCUT2D eigenvalue weighted by molar-refractivity contribution is 6.06. The van der Waals surface area contributed by atoms with Crippen molar-refractivity contribution in [2.45, 2.75) is 30.7 Å². The first-order valence-corrected chi connectivity index (χ1v) is 8.84. The standard InChI is InChI=1S/C21H22O7/c22-12-17-18(24)19(25)20(26)21(28-17)27-15-9-6-13(7-10-15)8-11-16(23)14-4-2-1-3-5-14/h1-11,17-22,24-26H,12H2/t17-,18-,19+,20-,21-/m1/s1. The Bertz CT molecular complexity index is 801. The fourth-order valence-corrected chi connectivity index (χ4v) is 2.83. The normalized spacial score (nSPS) is 27.6. The van der Waals surface area contributed by atoms with Gasteiger partial charge in [-0.3, -0.25) is 4.79 Å². The number of ether oxygens (including phenoxy) is 2. The molecule has 28 heavy (non-hydrogen) atoms. The molecule has 1 heterocycles. The number of aliphatic hydroxyl groups is 4. The quantitative estimate of drug-likeness (QED) is 0.428. The fourth-order valence-electron chi connectivity index (χ4n) is 2.83. The Morgan fingerprint density at radius 2 is 1.64 bits per heavy atom. The fraction of sp³-hybridized carbons (Fsp3) is 0.286. The van der Waals surface area contributed by atoms with Gasteiger partial charge in [0.2, 0.25) is 6.29 Å². The van der Waals surface area contributed by atoms with Crippen molar-refractivity contribution in [1.29, 1.82) is 0 Å². The summed E-state index contributed by atoms with van der Waals surface area (Å²) in [5.74, 6) is 0.248. The minimum absolute atomic E-state index is 0.109. The molecule has 5 atom stereocenters. The number of ketones is 1. The first-order valence-electron chi connectivity index (χ1n) is 8.84. The molecule has 2 aromatic carbocycles. The second-order valence-corrected chi connectivity index (χ2v) is 6.45. The Hall–Kier alpha value is -2.55. The van der Waals surface area contributed by atoms with Crippen LogP contribution in [0.4, 0.5) is 0 Å².